The lowest BCUT2D eigenvalue weighted by Crippen LogP contribution is -2.45. The third kappa shape index (κ3) is 7.06. The van der Waals surface area contributed by atoms with Gasteiger partial charge in [-0.3, -0.25) is 24.4 Å². The molecule has 0 radical (unpaired) electrons. The van der Waals surface area contributed by atoms with Crippen molar-refractivity contribution in [1.29, 1.82) is 0 Å². The number of unbranched alkanes of at least 4 members (excludes halogenated alkanes) is 1. The first kappa shape index (κ1) is 26.4. The number of amides is 2. The van der Waals surface area contributed by atoms with E-state index in [0.717, 1.165) is 0 Å². The molecule has 1 unspecified atom stereocenters. The maximum atomic E-state index is 12.6. The number of aliphatic imine (C=N–C) groups is 1. The van der Waals surface area contributed by atoms with Crippen molar-refractivity contribution >= 4 is 41.8 Å². The molecule has 32 heavy (non-hydrogen) atoms. The Labute approximate surface area is 202 Å². The van der Waals surface area contributed by atoms with Crippen LogP contribution in [0.5, 0.6) is 0 Å². The second-order valence-corrected chi connectivity index (χ2v) is 7.76. The quantitative estimate of drug-likeness (QED) is 0.166. The summed E-state index contributed by atoms with van der Waals surface area (Å²) in [7, 11) is 0. The fourth-order valence-corrected chi connectivity index (χ4v) is 3.88. The van der Waals surface area contributed by atoms with Crippen molar-refractivity contribution in [3.8, 4) is 0 Å². The van der Waals surface area contributed by atoms with Crippen molar-refractivity contribution in [2.45, 2.75) is 38.4 Å². The van der Waals surface area contributed by atoms with Gasteiger partial charge in [0, 0.05) is 38.8 Å². The van der Waals surface area contributed by atoms with Gasteiger partial charge in [0.1, 0.15) is 0 Å². The molecule has 3 rings (SSSR count). The molecule has 11 heteroatoms. The number of alkyl halides is 3. The normalized spacial score (nSPS) is 19.2. The van der Waals surface area contributed by atoms with E-state index in [4.69, 9.17) is 0 Å². The molecule has 1 fully saturated rings. The van der Waals surface area contributed by atoms with Gasteiger partial charge >= 0.3 is 6.18 Å². The first-order valence-corrected chi connectivity index (χ1v) is 10.6. The Morgan fingerprint density at radius 3 is 2.41 bits per heavy atom. The number of hydrogen-bond donors (Lipinski definition) is 2. The van der Waals surface area contributed by atoms with E-state index in [9.17, 15) is 22.8 Å². The molecule has 0 bridgehead atoms. The average molecular weight is 567 g/mol. The van der Waals surface area contributed by atoms with Crippen molar-refractivity contribution in [2.75, 3.05) is 39.3 Å². The summed E-state index contributed by atoms with van der Waals surface area (Å²) in [5.74, 6) is 0.0505. The minimum absolute atomic E-state index is 0. The minimum Gasteiger partial charge on any atom is -0.357 e. The van der Waals surface area contributed by atoms with Crippen LogP contribution in [0.25, 0.3) is 0 Å². The van der Waals surface area contributed by atoms with Crippen molar-refractivity contribution in [2.24, 2.45) is 4.99 Å². The molecule has 1 aromatic rings. The average Bonchev–Trinajstić information content (AvgIpc) is 3.23. The second-order valence-electron chi connectivity index (χ2n) is 7.76. The number of likely N-dealkylation sites (tertiary alicyclic amines) is 1. The lowest BCUT2D eigenvalue weighted by Gasteiger charge is -2.19. The van der Waals surface area contributed by atoms with Crippen LogP contribution in [0.2, 0.25) is 0 Å². The van der Waals surface area contributed by atoms with Crippen LogP contribution in [0.1, 0.15) is 46.9 Å². The summed E-state index contributed by atoms with van der Waals surface area (Å²) < 4.78 is 37.7. The van der Waals surface area contributed by atoms with E-state index in [1.165, 1.54) is 9.80 Å². The molecule has 0 spiro atoms. The van der Waals surface area contributed by atoms with E-state index < -0.39 is 12.7 Å². The van der Waals surface area contributed by atoms with Gasteiger partial charge < -0.3 is 10.6 Å². The van der Waals surface area contributed by atoms with Gasteiger partial charge in [0.15, 0.2) is 5.96 Å². The van der Waals surface area contributed by atoms with E-state index in [1.54, 1.807) is 24.3 Å². The summed E-state index contributed by atoms with van der Waals surface area (Å²) >= 11 is 0. The van der Waals surface area contributed by atoms with Crippen molar-refractivity contribution in [3.63, 3.8) is 0 Å². The Balaban J connectivity index is 0.00000363. The molecule has 2 amide bonds. The standard InChI is InChI=1S/C21H28F3N5O2.HI/c1-2-25-20(27-15-9-12-28(13-15)14-21(22,23)24)26-10-5-6-11-29-18(30)16-7-3-4-8-17(16)19(29)31;/h3-4,7-8,15H,2,5-6,9-14H2,1H3,(H2,25,26,27);1H. The molecular formula is C21H29F3IN5O2. The van der Waals surface area contributed by atoms with Gasteiger partial charge in [-0.1, -0.05) is 12.1 Å². The molecule has 7 nitrogen and oxygen atoms in total. The monoisotopic (exact) mass is 567 g/mol. The topological polar surface area (TPSA) is 77.0 Å². The number of nitrogens with zero attached hydrogens (tertiary/aromatic N) is 3. The smallest absolute Gasteiger partial charge is 0.357 e. The molecule has 2 heterocycles. The van der Waals surface area contributed by atoms with Crippen molar-refractivity contribution in [3.05, 3.63) is 35.4 Å². The zero-order chi connectivity index (χ0) is 22.4. The van der Waals surface area contributed by atoms with E-state index >= 15 is 0 Å². The van der Waals surface area contributed by atoms with Gasteiger partial charge in [-0.25, -0.2) is 0 Å². The van der Waals surface area contributed by atoms with Crippen molar-refractivity contribution < 1.29 is 22.8 Å². The summed E-state index contributed by atoms with van der Waals surface area (Å²) in [4.78, 5) is 31.9. The lowest BCUT2D eigenvalue weighted by molar-refractivity contribution is -0.143. The Morgan fingerprint density at radius 1 is 1.16 bits per heavy atom. The zero-order valence-electron chi connectivity index (χ0n) is 18.0. The van der Waals surface area contributed by atoms with Crippen LogP contribution in [0.3, 0.4) is 0 Å². The summed E-state index contributed by atoms with van der Waals surface area (Å²) in [6.07, 6.45) is -2.26. The number of halogens is 4. The van der Waals surface area contributed by atoms with Gasteiger partial charge in [0.25, 0.3) is 11.8 Å². The van der Waals surface area contributed by atoms with Gasteiger partial charge in [0.2, 0.25) is 0 Å². The number of benzene rings is 1. The number of imide groups is 1. The van der Waals surface area contributed by atoms with Crippen LogP contribution in [0.4, 0.5) is 13.2 Å². The SMILES string of the molecule is CCNC(=NCCCCN1C(=O)c2ccccc2C1=O)NC1CCN(CC(F)(F)F)C1.I. The molecule has 0 saturated carbocycles. The number of guanidine groups is 1. The first-order valence-electron chi connectivity index (χ1n) is 10.6. The third-order valence-corrected chi connectivity index (χ3v) is 5.30. The first-order chi connectivity index (χ1) is 14.8. The summed E-state index contributed by atoms with van der Waals surface area (Å²) in [5.41, 5.74) is 0.889. The molecule has 2 aliphatic heterocycles. The fraction of sp³-hybridized carbons (Fsp3) is 0.571. The van der Waals surface area contributed by atoms with Crippen LogP contribution in [-0.4, -0.2) is 79.1 Å². The van der Waals surface area contributed by atoms with Gasteiger partial charge in [-0.15, -0.1) is 24.0 Å². The highest BCUT2D eigenvalue weighted by molar-refractivity contribution is 14.0. The molecule has 178 valence electrons. The molecule has 1 saturated heterocycles. The number of carbonyl (C=O) groups excluding carboxylic acids is 2. The largest absolute Gasteiger partial charge is 0.401 e. The minimum atomic E-state index is -4.19. The zero-order valence-corrected chi connectivity index (χ0v) is 20.3. The number of nitrogens with one attached hydrogen (secondary N) is 2. The van der Waals surface area contributed by atoms with Gasteiger partial charge in [0.05, 0.1) is 17.7 Å². The Bertz CT molecular complexity index is 799. The maximum absolute atomic E-state index is 12.6. The van der Waals surface area contributed by atoms with Crippen LogP contribution in [-0.2, 0) is 0 Å². The van der Waals surface area contributed by atoms with Crippen LogP contribution < -0.4 is 10.6 Å². The maximum Gasteiger partial charge on any atom is 0.401 e. The Hall–Kier alpha value is -1.89. The van der Waals surface area contributed by atoms with E-state index in [2.05, 4.69) is 15.6 Å². The number of carbonyl (C=O) groups is 2. The molecule has 2 aliphatic rings. The summed E-state index contributed by atoms with van der Waals surface area (Å²) in [6, 6.07) is 6.72. The molecule has 1 aromatic carbocycles. The van der Waals surface area contributed by atoms with Gasteiger partial charge in [-0.05, 0) is 38.3 Å². The highest BCUT2D eigenvalue weighted by Gasteiger charge is 2.35. The van der Waals surface area contributed by atoms with Crippen LogP contribution >= 0.6 is 24.0 Å². The molecule has 0 aromatic heterocycles. The number of fused-ring (bicyclic) bond motifs is 1. The fourth-order valence-electron chi connectivity index (χ4n) is 3.88. The Kier molecular flexibility index (Phi) is 9.74. The predicted octanol–water partition coefficient (Wildman–Crippen LogP) is 2.87. The highest BCUT2D eigenvalue weighted by Crippen LogP contribution is 2.23. The third-order valence-electron chi connectivity index (χ3n) is 5.30. The highest BCUT2D eigenvalue weighted by atomic mass is 127. The van der Waals surface area contributed by atoms with Crippen LogP contribution in [0, 0.1) is 0 Å². The second kappa shape index (κ2) is 11.8. The number of rotatable bonds is 8. The summed E-state index contributed by atoms with van der Waals surface area (Å²) in [6.45, 7) is 3.21. The molecule has 1 atom stereocenters. The van der Waals surface area contributed by atoms with E-state index in [0.29, 0.717) is 69.1 Å². The van der Waals surface area contributed by atoms with E-state index in [1.807, 2.05) is 6.92 Å². The molecule has 2 N–H and O–H groups in total. The van der Waals surface area contributed by atoms with Crippen LogP contribution in [0.15, 0.2) is 29.3 Å². The predicted molar refractivity (Wildman–Crippen MR) is 126 cm³/mol. The Morgan fingerprint density at radius 2 is 1.81 bits per heavy atom. The summed E-state index contributed by atoms with van der Waals surface area (Å²) in [5, 5.41) is 6.31. The lowest BCUT2D eigenvalue weighted by atomic mass is 10.1. The molecule has 0 aliphatic carbocycles. The molecular weight excluding hydrogens is 538 g/mol. The number of hydrogen-bond acceptors (Lipinski definition) is 4. The van der Waals surface area contributed by atoms with Crippen molar-refractivity contribution in [1.82, 2.24) is 20.4 Å². The van der Waals surface area contributed by atoms with E-state index in [-0.39, 0.29) is 41.8 Å². The van der Waals surface area contributed by atoms with Gasteiger partial charge in [-0.2, -0.15) is 13.2 Å².